The van der Waals surface area contributed by atoms with E-state index in [0.29, 0.717) is 27.9 Å². The molecule has 4 aromatic rings. The molecule has 0 amide bonds. The number of rotatable bonds is 4. The van der Waals surface area contributed by atoms with Crippen LogP contribution in [0, 0.1) is 11.3 Å². The van der Waals surface area contributed by atoms with Gasteiger partial charge in [-0.2, -0.15) is 10.2 Å². The number of ether oxygens (including phenoxy) is 2. The molecule has 3 heterocycles. The molecule has 0 unspecified atom stereocenters. The zero-order valence-corrected chi connectivity index (χ0v) is 19.6. The Labute approximate surface area is 208 Å². The van der Waals surface area contributed by atoms with Crippen molar-refractivity contribution in [3.8, 4) is 12.0 Å². The molecule has 0 spiro atoms. The van der Waals surface area contributed by atoms with Crippen molar-refractivity contribution in [3.05, 3.63) is 97.8 Å². The van der Waals surface area contributed by atoms with Crippen LogP contribution in [0.4, 0.5) is 6.01 Å². The number of esters is 2. The first-order valence-corrected chi connectivity index (χ1v) is 10.9. The van der Waals surface area contributed by atoms with Crippen molar-refractivity contribution in [1.29, 1.82) is 5.26 Å². The van der Waals surface area contributed by atoms with Gasteiger partial charge in [0.25, 0.3) is 6.01 Å². The molecule has 1 aliphatic rings. The predicted molar refractivity (Wildman–Crippen MR) is 128 cm³/mol. The highest BCUT2D eigenvalue weighted by Gasteiger charge is 2.36. The predicted octanol–water partition coefficient (Wildman–Crippen LogP) is 1.22. The van der Waals surface area contributed by atoms with Gasteiger partial charge < -0.3 is 24.0 Å². The van der Waals surface area contributed by atoms with Crippen LogP contribution in [0.5, 0.6) is 0 Å². The Morgan fingerprint density at radius 1 is 1.03 bits per heavy atom. The smallest absolute Gasteiger partial charge is 0.362 e. The highest BCUT2D eigenvalue weighted by Crippen LogP contribution is 2.37. The summed E-state index contributed by atoms with van der Waals surface area (Å²) in [5.74, 6) is -1.65. The van der Waals surface area contributed by atoms with Gasteiger partial charge in [-0.3, -0.25) is 0 Å². The first kappa shape index (κ1) is 23.4. The number of anilines is 1. The molecule has 0 fully saturated rings. The van der Waals surface area contributed by atoms with Crippen LogP contribution < -0.4 is 22.3 Å². The van der Waals surface area contributed by atoms with E-state index < -0.39 is 23.5 Å². The third-order valence-corrected chi connectivity index (χ3v) is 5.91. The van der Waals surface area contributed by atoms with Gasteiger partial charge in [-0.1, -0.05) is 24.3 Å². The number of methoxy groups -OCH3 is 2. The summed E-state index contributed by atoms with van der Waals surface area (Å²) in [6.45, 7) is 0. The minimum absolute atomic E-state index is 0.0318. The summed E-state index contributed by atoms with van der Waals surface area (Å²) in [6.07, 6.45) is 1.53. The van der Waals surface area contributed by atoms with Gasteiger partial charge in [-0.15, -0.1) is 0 Å². The number of nitrogens with two attached hydrogens (primary N) is 1. The Balaban J connectivity index is 1.73. The number of fused-ring (bicyclic) bond motifs is 3. The summed E-state index contributed by atoms with van der Waals surface area (Å²) in [4.78, 5) is 40.8. The minimum Gasteiger partial charge on any atom is -0.465 e. The third kappa shape index (κ3) is 3.86. The van der Waals surface area contributed by atoms with Crippen molar-refractivity contribution in [3.63, 3.8) is 0 Å². The van der Waals surface area contributed by atoms with Gasteiger partial charge in [0.2, 0.25) is 11.4 Å². The molecule has 184 valence electrons. The van der Waals surface area contributed by atoms with E-state index in [2.05, 4.69) is 11.1 Å². The molecular formula is C26H18N4O7. The normalized spacial score (nSPS) is 14.5. The van der Waals surface area contributed by atoms with Crippen LogP contribution in [0.2, 0.25) is 0 Å². The van der Waals surface area contributed by atoms with Gasteiger partial charge in [0.05, 0.1) is 31.3 Å². The maximum atomic E-state index is 12.9. The molecule has 0 bridgehead atoms. The Morgan fingerprint density at radius 2 is 1.62 bits per heavy atom. The topological polar surface area (TPSA) is 164 Å². The molecule has 2 aromatic carbocycles. The van der Waals surface area contributed by atoms with Gasteiger partial charge in [0.1, 0.15) is 22.7 Å². The zero-order chi connectivity index (χ0) is 26.3. The van der Waals surface area contributed by atoms with E-state index in [1.807, 2.05) is 0 Å². The molecule has 11 heteroatoms. The van der Waals surface area contributed by atoms with E-state index >= 15 is 0 Å². The lowest BCUT2D eigenvalue weighted by Crippen LogP contribution is -2.35. The minimum atomic E-state index is -0.773. The highest BCUT2D eigenvalue weighted by molar-refractivity contribution is 5.90. The summed E-state index contributed by atoms with van der Waals surface area (Å²) >= 11 is 0. The van der Waals surface area contributed by atoms with Crippen molar-refractivity contribution >= 4 is 29.6 Å². The van der Waals surface area contributed by atoms with Crippen LogP contribution in [0.15, 0.2) is 62.2 Å². The monoisotopic (exact) mass is 498 g/mol. The van der Waals surface area contributed by atoms with Crippen LogP contribution >= 0.6 is 0 Å². The number of benzene rings is 2. The first-order valence-electron chi connectivity index (χ1n) is 10.9. The molecule has 1 atom stereocenters. The number of carbonyl (C=O) groups excluding carboxylic acids is 2. The average molecular weight is 498 g/mol. The van der Waals surface area contributed by atoms with Crippen molar-refractivity contribution in [2.45, 2.75) is 5.92 Å². The highest BCUT2D eigenvalue weighted by atomic mass is 16.5. The van der Waals surface area contributed by atoms with Gasteiger partial charge in [0.15, 0.2) is 0 Å². The standard InChI is InChI=1S/C26H18N4O7/c1-34-23(31)15-5-3-13(4-6-15)11-18-25(33)36-21-17(12-27)19(20-22(30(18)21)37-26(28)29-20)14-7-9-16(10-8-14)24(32)35-2/h3-11,19H,1-2H3,(H2,28,29)/b18-11+/t19-/m0/s1. The van der Waals surface area contributed by atoms with E-state index in [1.165, 1.54) is 24.9 Å². The summed E-state index contributed by atoms with van der Waals surface area (Å²) in [6, 6.07) is 14.7. The fraction of sp³-hybridized carbons (Fsp3) is 0.115. The molecule has 37 heavy (non-hydrogen) atoms. The Kier molecular flexibility index (Phi) is 5.69. The number of hydrogen-bond donors (Lipinski definition) is 1. The number of aromatic nitrogens is 2. The second kappa shape index (κ2) is 9.01. The third-order valence-electron chi connectivity index (χ3n) is 5.91. The maximum absolute atomic E-state index is 12.9. The van der Waals surface area contributed by atoms with Gasteiger partial charge >= 0.3 is 17.6 Å². The van der Waals surface area contributed by atoms with Crippen molar-refractivity contribution in [2.75, 3.05) is 20.0 Å². The number of oxazole rings is 2. The van der Waals surface area contributed by atoms with E-state index in [9.17, 15) is 19.6 Å². The number of carbonyl (C=O) groups is 2. The first-order chi connectivity index (χ1) is 17.9. The summed E-state index contributed by atoms with van der Waals surface area (Å²) in [5, 5.41) is 10.2. The second-order valence-electron chi connectivity index (χ2n) is 7.99. The lowest BCUT2D eigenvalue weighted by Gasteiger charge is -2.19. The lowest BCUT2D eigenvalue weighted by atomic mass is 9.87. The van der Waals surface area contributed by atoms with Gasteiger partial charge in [-0.25, -0.2) is 19.0 Å². The molecule has 0 saturated heterocycles. The fourth-order valence-electron chi connectivity index (χ4n) is 4.19. The van der Waals surface area contributed by atoms with Crippen molar-refractivity contribution in [1.82, 2.24) is 9.55 Å². The fourth-order valence-corrected chi connectivity index (χ4v) is 4.19. The number of nitrogens with zero attached hydrogens (tertiary/aromatic N) is 3. The molecule has 5 rings (SSSR count). The van der Waals surface area contributed by atoms with Crippen LogP contribution in [0.25, 0.3) is 17.5 Å². The average Bonchev–Trinajstić information content (AvgIpc) is 3.46. The molecule has 2 aromatic heterocycles. The molecule has 0 radical (unpaired) electrons. The van der Waals surface area contributed by atoms with Crippen molar-refractivity contribution in [2.24, 2.45) is 0 Å². The quantitative estimate of drug-likeness (QED) is 0.405. The molecule has 0 saturated carbocycles. The second-order valence-corrected chi connectivity index (χ2v) is 7.99. The van der Waals surface area contributed by atoms with E-state index in [0.717, 1.165) is 0 Å². The van der Waals surface area contributed by atoms with Crippen LogP contribution in [-0.4, -0.2) is 35.7 Å². The largest absolute Gasteiger partial charge is 0.465 e. The molecule has 1 aliphatic heterocycles. The van der Waals surface area contributed by atoms with E-state index in [1.54, 1.807) is 48.5 Å². The number of nitriles is 1. The maximum Gasteiger partial charge on any atom is 0.362 e. The molecule has 2 N–H and O–H groups in total. The zero-order valence-electron chi connectivity index (χ0n) is 19.6. The van der Waals surface area contributed by atoms with Crippen LogP contribution in [0.3, 0.4) is 0 Å². The summed E-state index contributed by atoms with van der Waals surface area (Å²) < 4.78 is 22.0. The number of hydrogen-bond acceptors (Lipinski definition) is 10. The Morgan fingerprint density at radius 3 is 2.19 bits per heavy atom. The van der Waals surface area contributed by atoms with E-state index in [-0.39, 0.29) is 28.4 Å². The summed E-state index contributed by atoms with van der Waals surface area (Å²) in [5.41, 5.74) is 7.37. The molecule has 0 aliphatic carbocycles. The number of nitrogen functional groups attached to an aromatic ring is 1. The van der Waals surface area contributed by atoms with Crippen molar-refractivity contribution < 1.29 is 27.9 Å². The Hall–Kier alpha value is -5.37. The SMILES string of the molecule is COC(=O)c1ccc(/C=c2\c(=O)oc3n2-c2oc(N)nc2[C@@H](c2ccc(C(=O)OC)cc2)C=3C#N)cc1. The molecular weight excluding hydrogens is 480 g/mol. The van der Waals surface area contributed by atoms with Gasteiger partial charge in [-0.05, 0) is 41.5 Å². The van der Waals surface area contributed by atoms with Crippen LogP contribution in [0.1, 0.15) is 43.5 Å². The van der Waals surface area contributed by atoms with Crippen LogP contribution in [-0.2, 0) is 9.47 Å². The molecule has 11 nitrogen and oxygen atoms in total. The lowest BCUT2D eigenvalue weighted by molar-refractivity contribution is 0.0592. The Bertz CT molecular complexity index is 1770. The summed E-state index contributed by atoms with van der Waals surface area (Å²) in [7, 11) is 2.56. The van der Waals surface area contributed by atoms with E-state index in [4.69, 9.17) is 24.0 Å². The van der Waals surface area contributed by atoms with Gasteiger partial charge in [0, 0.05) is 0 Å².